The van der Waals surface area contributed by atoms with Crippen molar-refractivity contribution in [3.8, 4) is 28.6 Å². The Morgan fingerprint density at radius 2 is 1.87 bits per heavy atom. The third-order valence-corrected chi connectivity index (χ3v) is 6.17. The van der Waals surface area contributed by atoms with Crippen molar-refractivity contribution < 1.29 is 19.0 Å². The number of methoxy groups -OCH3 is 2. The molecule has 0 bridgehead atoms. The lowest BCUT2D eigenvalue weighted by molar-refractivity contribution is -0.113. The van der Waals surface area contributed by atoms with Gasteiger partial charge in [-0.15, -0.1) is 5.10 Å². The van der Waals surface area contributed by atoms with E-state index in [0.29, 0.717) is 52.4 Å². The molecule has 0 saturated heterocycles. The highest BCUT2D eigenvalue weighted by atomic mass is 16.5. The Morgan fingerprint density at radius 1 is 1.08 bits per heavy atom. The molecular formula is C28H28N6O4. The van der Waals surface area contributed by atoms with E-state index in [-0.39, 0.29) is 5.91 Å². The van der Waals surface area contributed by atoms with E-state index in [1.165, 1.54) is 0 Å². The maximum atomic E-state index is 13.7. The van der Waals surface area contributed by atoms with E-state index in [1.54, 1.807) is 43.4 Å². The molecular weight excluding hydrogens is 484 g/mol. The number of hydrogen-bond donors (Lipinski definition) is 2. The molecule has 5 rings (SSSR count). The quantitative estimate of drug-likeness (QED) is 0.350. The lowest BCUT2D eigenvalue weighted by atomic mass is 9.94. The van der Waals surface area contributed by atoms with Gasteiger partial charge in [-0.2, -0.15) is 4.98 Å². The molecule has 1 unspecified atom stereocenters. The van der Waals surface area contributed by atoms with Crippen LogP contribution in [0.15, 0.2) is 78.3 Å². The van der Waals surface area contributed by atoms with E-state index in [0.717, 1.165) is 11.3 Å². The fourth-order valence-electron chi connectivity index (χ4n) is 4.41. The second-order valence-corrected chi connectivity index (χ2v) is 8.53. The Labute approximate surface area is 220 Å². The minimum Gasteiger partial charge on any atom is -0.497 e. The molecule has 10 nitrogen and oxygen atoms in total. The van der Waals surface area contributed by atoms with Crippen molar-refractivity contribution in [2.75, 3.05) is 31.5 Å². The van der Waals surface area contributed by atoms with E-state index in [9.17, 15) is 4.79 Å². The summed E-state index contributed by atoms with van der Waals surface area (Å²) in [5.41, 5.74) is 3.19. The maximum absolute atomic E-state index is 13.7. The molecule has 1 aliphatic heterocycles. The summed E-state index contributed by atoms with van der Waals surface area (Å²) in [6, 6.07) is 15.9. The molecule has 38 heavy (non-hydrogen) atoms. The largest absolute Gasteiger partial charge is 0.497 e. The summed E-state index contributed by atoms with van der Waals surface area (Å²) in [6.07, 6.45) is 3.24. The van der Waals surface area contributed by atoms with E-state index >= 15 is 0 Å². The number of aromatic nitrogens is 4. The van der Waals surface area contributed by atoms with E-state index in [2.05, 4.69) is 15.6 Å². The number of hydrogen-bond acceptors (Lipinski definition) is 8. The molecule has 4 aromatic rings. The van der Waals surface area contributed by atoms with Gasteiger partial charge in [0.1, 0.15) is 23.3 Å². The molecule has 0 aliphatic carbocycles. The second-order valence-electron chi connectivity index (χ2n) is 8.53. The van der Waals surface area contributed by atoms with Crippen LogP contribution in [0, 0.1) is 0 Å². The number of allylic oxidation sites excluding steroid dienone is 1. The van der Waals surface area contributed by atoms with Gasteiger partial charge in [-0.3, -0.25) is 9.78 Å². The number of amides is 1. The summed E-state index contributed by atoms with van der Waals surface area (Å²) in [7, 11) is 3.18. The van der Waals surface area contributed by atoms with E-state index in [1.807, 2.05) is 56.3 Å². The highest BCUT2D eigenvalue weighted by Crippen LogP contribution is 2.41. The number of nitrogens with zero attached hydrogens (tertiary/aromatic N) is 4. The number of nitrogens with one attached hydrogen (secondary N) is 2. The Kier molecular flexibility index (Phi) is 6.94. The van der Waals surface area contributed by atoms with Gasteiger partial charge >= 0.3 is 0 Å². The lowest BCUT2D eigenvalue weighted by Crippen LogP contribution is -2.31. The van der Waals surface area contributed by atoms with Crippen molar-refractivity contribution in [3.05, 3.63) is 83.8 Å². The molecule has 2 aromatic carbocycles. The molecule has 2 aromatic heterocycles. The SMILES string of the molecule is CCOc1ccc(-c2nc3n(n2)C(c2cc(OC)ccc2OC)C(C(=O)Nc2cccnc2)=C(C)N3)cc1. The van der Waals surface area contributed by atoms with Crippen LogP contribution < -0.4 is 24.8 Å². The lowest BCUT2D eigenvalue weighted by Gasteiger charge is -2.29. The predicted molar refractivity (Wildman–Crippen MR) is 144 cm³/mol. The molecule has 0 radical (unpaired) electrons. The van der Waals surface area contributed by atoms with Gasteiger partial charge in [-0.25, -0.2) is 4.68 Å². The zero-order valence-corrected chi connectivity index (χ0v) is 21.6. The number of fused-ring (bicyclic) bond motifs is 1. The van der Waals surface area contributed by atoms with Crippen molar-refractivity contribution >= 4 is 17.5 Å². The van der Waals surface area contributed by atoms with Gasteiger partial charge in [0.05, 0.1) is 38.3 Å². The smallest absolute Gasteiger partial charge is 0.255 e. The van der Waals surface area contributed by atoms with Gasteiger partial charge in [0, 0.05) is 23.0 Å². The number of rotatable bonds is 8. The Balaban J connectivity index is 1.63. The number of carbonyl (C=O) groups excluding carboxylic acids is 1. The highest BCUT2D eigenvalue weighted by molar-refractivity contribution is 6.06. The number of anilines is 2. The minimum atomic E-state index is -0.656. The molecule has 194 valence electrons. The van der Waals surface area contributed by atoms with Crippen molar-refractivity contribution in [2.24, 2.45) is 0 Å². The number of benzene rings is 2. The number of pyridine rings is 1. The van der Waals surface area contributed by atoms with Gasteiger partial charge in [-0.05, 0) is 68.4 Å². The zero-order valence-electron chi connectivity index (χ0n) is 21.6. The first kappa shape index (κ1) is 24.8. The highest BCUT2D eigenvalue weighted by Gasteiger charge is 2.36. The normalized spacial score (nSPS) is 14.4. The first-order chi connectivity index (χ1) is 18.5. The molecule has 3 heterocycles. The molecule has 0 fully saturated rings. The van der Waals surface area contributed by atoms with Crippen molar-refractivity contribution in [2.45, 2.75) is 19.9 Å². The van der Waals surface area contributed by atoms with Crippen LogP contribution in [0.5, 0.6) is 17.2 Å². The predicted octanol–water partition coefficient (Wildman–Crippen LogP) is 4.68. The van der Waals surface area contributed by atoms with Crippen LogP contribution in [0.25, 0.3) is 11.4 Å². The van der Waals surface area contributed by atoms with Crippen molar-refractivity contribution in [3.63, 3.8) is 0 Å². The van der Waals surface area contributed by atoms with Crippen LogP contribution in [0.1, 0.15) is 25.5 Å². The minimum absolute atomic E-state index is 0.304. The van der Waals surface area contributed by atoms with Crippen LogP contribution in [-0.4, -0.2) is 46.5 Å². The molecule has 1 amide bonds. The standard InChI is InChI=1S/C28H28N6O4/c1-5-38-20-10-8-18(9-11-20)26-32-28-30-17(2)24(27(35)31-19-7-6-14-29-16-19)25(34(28)33-26)22-15-21(36-3)12-13-23(22)37-4/h6-16,25H,5H2,1-4H3,(H,31,35)(H,30,32,33). The average molecular weight is 513 g/mol. The fraction of sp³-hybridized carbons (Fsp3) is 0.214. The monoisotopic (exact) mass is 512 g/mol. The summed E-state index contributed by atoms with van der Waals surface area (Å²) in [5.74, 6) is 2.67. The maximum Gasteiger partial charge on any atom is 0.255 e. The van der Waals surface area contributed by atoms with Crippen LogP contribution in [0.2, 0.25) is 0 Å². The summed E-state index contributed by atoms with van der Waals surface area (Å²) >= 11 is 0. The first-order valence-corrected chi connectivity index (χ1v) is 12.1. The summed E-state index contributed by atoms with van der Waals surface area (Å²) in [5, 5.41) is 11.0. The number of carbonyl (C=O) groups is 1. The summed E-state index contributed by atoms with van der Waals surface area (Å²) < 4.78 is 18.5. The summed E-state index contributed by atoms with van der Waals surface area (Å²) in [6.45, 7) is 4.36. The van der Waals surface area contributed by atoms with Crippen LogP contribution in [0.3, 0.4) is 0 Å². The molecule has 1 aliphatic rings. The van der Waals surface area contributed by atoms with Crippen molar-refractivity contribution in [1.29, 1.82) is 0 Å². The molecule has 10 heteroatoms. The Bertz CT molecular complexity index is 1480. The summed E-state index contributed by atoms with van der Waals surface area (Å²) in [4.78, 5) is 22.6. The molecule has 0 saturated carbocycles. The third kappa shape index (κ3) is 4.75. The van der Waals surface area contributed by atoms with E-state index < -0.39 is 6.04 Å². The fourth-order valence-corrected chi connectivity index (χ4v) is 4.41. The first-order valence-electron chi connectivity index (χ1n) is 12.1. The zero-order chi connectivity index (χ0) is 26.6. The van der Waals surface area contributed by atoms with E-state index in [4.69, 9.17) is 24.3 Å². The third-order valence-electron chi connectivity index (χ3n) is 6.17. The Morgan fingerprint density at radius 3 is 2.55 bits per heavy atom. The van der Waals surface area contributed by atoms with Gasteiger partial charge < -0.3 is 24.8 Å². The molecule has 1 atom stereocenters. The van der Waals surface area contributed by atoms with Gasteiger partial charge in [0.25, 0.3) is 5.91 Å². The number of ether oxygens (including phenoxy) is 3. The Hall–Kier alpha value is -4.86. The second kappa shape index (κ2) is 10.6. The van der Waals surface area contributed by atoms with Crippen molar-refractivity contribution in [1.82, 2.24) is 19.7 Å². The molecule has 2 N–H and O–H groups in total. The van der Waals surface area contributed by atoms with Gasteiger partial charge in [0.15, 0.2) is 5.82 Å². The van der Waals surface area contributed by atoms with Crippen LogP contribution in [-0.2, 0) is 4.79 Å². The van der Waals surface area contributed by atoms with Gasteiger partial charge in [0.2, 0.25) is 5.95 Å². The molecule has 0 spiro atoms. The topological polar surface area (TPSA) is 112 Å². The average Bonchev–Trinajstić information content (AvgIpc) is 3.36. The van der Waals surface area contributed by atoms with Crippen LogP contribution in [0.4, 0.5) is 11.6 Å². The van der Waals surface area contributed by atoms with Gasteiger partial charge in [-0.1, -0.05) is 0 Å². The van der Waals surface area contributed by atoms with Crippen LogP contribution >= 0.6 is 0 Å².